The summed E-state index contributed by atoms with van der Waals surface area (Å²) in [7, 11) is 1.97. The number of amides is 1. The second kappa shape index (κ2) is 10.2. The topological polar surface area (TPSA) is 119 Å². The summed E-state index contributed by atoms with van der Waals surface area (Å²) in [6, 6.07) is 22.6. The zero-order chi connectivity index (χ0) is 25.9. The molecule has 0 atom stereocenters. The number of nitrogens with two attached hydrogens (primary N) is 1. The highest BCUT2D eigenvalue weighted by Crippen LogP contribution is 2.26. The Morgan fingerprint density at radius 3 is 2.41 bits per heavy atom. The van der Waals surface area contributed by atoms with Crippen molar-refractivity contribution < 1.29 is 9.90 Å². The number of hydrogen-bond donors (Lipinski definition) is 2. The Balaban J connectivity index is 1.52. The van der Waals surface area contributed by atoms with Gasteiger partial charge in [0.05, 0.1) is 12.3 Å². The van der Waals surface area contributed by atoms with E-state index in [1.54, 1.807) is 28.8 Å². The number of aliphatic hydroxyl groups excluding tert-OH is 1. The van der Waals surface area contributed by atoms with E-state index in [9.17, 15) is 14.7 Å². The largest absolute Gasteiger partial charge is 0.395 e. The third-order valence-corrected chi connectivity index (χ3v) is 6.27. The van der Waals surface area contributed by atoms with Crippen LogP contribution in [-0.4, -0.2) is 55.2 Å². The number of hydrogen-bond acceptors (Lipinski definition) is 6. The molecule has 0 bridgehead atoms. The molecule has 3 N–H and O–H groups in total. The smallest absolute Gasteiger partial charge is 0.284 e. The molecule has 0 spiro atoms. The second-order valence-electron chi connectivity index (χ2n) is 8.79. The third kappa shape index (κ3) is 4.77. The Labute approximate surface area is 213 Å². The average molecular weight is 495 g/mol. The van der Waals surface area contributed by atoms with Gasteiger partial charge in [0.2, 0.25) is 5.91 Å². The average Bonchev–Trinajstić information content (AvgIpc) is 3.35. The number of aliphatic hydroxyl groups is 1. The van der Waals surface area contributed by atoms with Crippen molar-refractivity contribution in [3.05, 3.63) is 107 Å². The molecule has 0 aliphatic carbocycles. The Bertz CT molecular complexity index is 1640. The number of carbonyl (C=O) groups excluding carboxylic acids is 1. The van der Waals surface area contributed by atoms with Crippen molar-refractivity contribution in [3.8, 4) is 22.5 Å². The van der Waals surface area contributed by atoms with Crippen molar-refractivity contribution in [2.75, 3.05) is 20.2 Å². The lowest BCUT2D eigenvalue weighted by Crippen LogP contribution is -2.21. The molecule has 0 aliphatic rings. The lowest BCUT2D eigenvalue weighted by molar-refractivity contribution is 0.1000. The highest BCUT2D eigenvalue weighted by Gasteiger charge is 2.15. The van der Waals surface area contributed by atoms with Gasteiger partial charge in [0.15, 0.2) is 11.2 Å². The summed E-state index contributed by atoms with van der Waals surface area (Å²) in [4.78, 5) is 35.9. The van der Waals surface area contributed by atoms with E-state index in [-0.39, 0.29) is 12.2 Å². The minimum atomic E-state index is -0.552. The van der Waals surface area contributed by atoms with Crippen LogP contribution in [0.4, 0.5) is 0 Å². The van der Waals surface area contributed by atoms with Crippen LogP contribution in [0.5, 0.6) is 0 Å². The molecule has 0 fully saturated rings. The van der Waals surface area contributed by atoms with Crippen LogP contribution in [0, 0.1) is 0 Å². The number of carbonyl (C=O) groups is 1. The molecule has 3 aromatic carbocycles. The molecule has 5 aromatic rings. The minimum absolute atomic E-state index is 0.107. The van der Waals surface area contributed by atoms with Gasteiger partial charge in [-0.3, -0.25) is 23.6 Å². The predicted molar refractivity (Wildman–Crippen MR) is 142 cm³/mol. The Morgan fingerprint density at radius 1 is 0.946 bits per heavy atom. The van der Waals surface area contributed by atoms with Crippen LogP contribution in [0.1, 0.15) is 15.9 Å². The van der Waals surface area contributed by atoms with Gasteiger partial charge in [-0.1, -0.05) is 42.5 Å². The van der Waals surface area contributed by atoms with Crippen LogP contribution in [0.3, 0.4) is 0 Å². The summed E-state index contributed by atoms with van der Waals surface area (Å²) >= 11 is 0. The second-order valence-corrected chi connectivity index (χ2v) is 8.79. The molecule has 2 heterocycles. The number of fused-ring (bicyclic) bond motifs is 1. The fourth-order valence-corrected chi connectivity index (χ4v) is 4.38. The summed E-state index contributed by atoms with van der Waals surface area (Å²) in [6.45, 7) is 1.41. The van der Waals surface area contributed by atoms with E-state index in [0.29, 0.717) is 41.2 Å². The third-order valence-electron chi connectivity index (χ3n) is 6.27. The summed E-state index contributed by atoms with van der Waals surface area (Å²) in [5.74, 6) is -0.552. The maximum atomic E-state index is 13.5. The van der Waals surface area contributed by atoms with Gasteiger partial charge in [0.1, 0.15) is 12.7 Å². The van der Waals surface area contributed by atoms with E-state index in [4.69, 9.17) is 5.73 Å². The van der Waals surface area contributed by atoms with Crippen molar-refractivity contribution >= 4 is 17.1 Å². The maximum absolute atomic E-state index is 13.5. The summed E-state index contributed by atoms with van der Waals surface area (Å²) in [5.41, 5.74) is 10.6. The number of aromatic nitrogens is 4. The molecule has 186 valence electrons. The van der Waals surface area contributed by atoms with Crippen molar-refractivity contribution in [3.63, 3.8) is 0 Å². The van der Waals surface area contributed by atoms with E-state index in [1.807, 2.05) is 43.4 Å². The quantitative estimate of drug-likeness (QED) is 0.342. The molecule has 2 aromatic heterocycles. The van der Waals surface area contributed by atoms with Crippen LogP contribution >= 0.6 is 0 Å². The van der Waals surface area contributed by atoms with Crippen LogP contribution in [0.15, 0.2) is 90.2 Å². The summed E-state index contributed by atoms with van der Waals surface area (Å²) in [5, 5.41) is 9.23. The number of likely N-dealkylation sites (N-methyl/N-ethyl adjacent to an activating group) is 1. The Hall–Kier alpha value is -4.60. The number of rotatable bonds is 8. The van der Waals surface area contributed by atoms with Gasteiger partial charge in [-0.2, -0.15) is 0 Å². The number of benzene rings is 3. The normalized spacial score (nSPS) is 11.3. The van der Waals surface area contributed by atoms with E-state index in [1.165, 1.54) is 17.2 Å². The minimum Gasteiger partial charge on any atom is -0.395 e. The first-order chi connectivity index (χ1) is 18.0. The molecule has 0 unspecified atom stereocenters. The van der Waals surface area contributed by atoms with E-state index in [2.05, 4.69) is 27.0 Å². The van der Waals surface area contributed by atoms with Gasteiger partial charge >= 0.3 is 0 Å². The molecular weight excluding hydrogens is 468 g/mol. The van der Waals surface area contributed by atoms with Crippen molar-refractivity contribution in [2.24, 2.45) is 5.73 Å². The van der Waals surface area contributed by atoms with Gasteiger partial charge in [-0.05, 0) is 54.1 Å². The van der Waals surface area contributed by atoms with Crippen LogP contribution in [0.2, 0.25) is 0 Å². The van der Waals surface area contributed by atoms with Crippen molar-refractivity contribution in [2.45, 2.75) is 6.54 Å². The standard InChI is InChI=1S/C28H26N6O3/c1-32(13-14-35)16-21-5-2-3-8-24(21)19-9-11-22(12-10-19)34-18-31-27-25(28(34)37)33(17-30-27)23-7-4-6-20(15-23)26(29)36/h2-12,15,17-18,35H,13-14,16H2,1H3,(H2,29,36). The Morgan fingerprint density at radius 2 is 1.68 bits per heavy atom. The molecular formula is C28H26N6O3. The van der Waals surface area contributed by atoms with Gasteiger partial charge in [-0.25, -0.2) is 9.97 Å². The molecule has 0 radical (unpaired) electrons. The Kier molecular flexibility index (Phi) is 6.63. The first-order valence-corrected chi connectivity index (χ1v) is 11.8. The first-order valence-electron chi connectivity index (χ1n) is 11.8. The predicted octanol–water partition coefficient (Wildman–Crippen LogP) is 2.76. The van der Waals surface area contributed by atoms with Gasteiger partial charge in [0, 0.05) is 24.3 Å². The fraction of sp³-hybridized carbons (Fsp3) is 0.143. The fourth-order valence-electron chi connectivity index (χ4n) is 4.38. The molecule has 0 saturated carbocycles. The van der Waals surface area contributed by atoms with E-state index < -0.39 is 5.91 Å². The lowest BCUT2D eigenvalue weighted by atomic mass is 9.99. The zero-order valence-corrected chi connectivity index (χ0v) is 20.3. The zero-order valence-electron chi connectivity index (χ0n) is 20.3. The van der Waals surface area contributed by atoms with E-state index >= 15 is 0 Å². The molecule has 9 nitrogen and oxygen atoms in total. The number of imidazole rings is 1. The summed E-state index contributed by atoms with van der Waals surface area (Å²) < 4.78 is 3.09. The molecule has 37 heavy (non-hydrogen) atoms. The van der Waals surface area contributed by atoms with Gasteiger partial charge < -0.3 is 10.8 Å². The molecule has 5 rings (SSSR count). The first kappa shape index (κ1) is 24.1. The monoisotopic (exact) mass is 494 g/mol. The van der Waals surface area contributed by atoms with Gasteiger partial charge in [-0.15, -0.1) is 0 Å². The van der Waals surface area contributed by atoms with Crippen molar-refractivity contribution in [1.82, 2.24) is 24.0 Å². The summed E-state index contributed by atoms with van der Waals surface area (Å²) in [6.07, 6.45) is 2.98. The van der Waals surface area contributed by atoms with Crippen molar-refractivity contribution in [1.29, 1.82) is 0 Å². The highest BCUT2D eigenvalue weighted by molar-refractivity contribution is 5.93. The highest BCUT2D eigenvalue weighted by atomic mass is 16.3. The maximum Gasteiger partial charge on any atom is 0.284 e. The van der Waals surface area contributed by atoms with Crippen LogP contribution in [0.25, 0.3) is 33.7 Å². The van der Waals surface area contributed by atoms with Gasteiger partial charge in [0.25, 0.3) is 5.56 Å². The lowest BCUT2D eigenvalue weighted by Gasteiger charge is -2.18. The van der Waals surface area contributed by atoms with E-state index in [0.717, 1.165) is 16.7 Å². The molecule has 0 aliphatic heterocycles. The number of nitrogens with zero attached hydrogens (tertiary/aromatic N) is 5. The van der Waals surface area contributed by atoms with Crippen LogP contribution < -0.4 is 11.3 Å². The SMILES string of the molecule is CN(CCO)Cc1ccccc1-c1ccc(-n2cnc3ncn(-c4cccc(C(N)=O)c4)c3c2=O)cc1. The molecule has 0 saturated heterocycles. The molecule has 1 amide bonds. The number of primary amides is 1. The van der Waals surface area contributed by atoms with Crippen LogP contribution in [-0.2, 0) is 6.54 Å². The molecule has 9 heteroatoms.